The van der Waals surface area contributed by atoms with Crippen LogP contribution in [0.15, 0.2) is 61.9 Å². The molecule has 0 spiro atoms. The standard InChI is InChI=1S/C22H12BBr3/c1-3-13-5-7-15(20(24)9-13)17-12-22(26)18(11-19(17)23)16-8-6-14(4-2)10-21(16)25/h1-2,5-12H,23H2. The Kier molecular flexibility index (Phi) is 5.78. The molecule has 3 aromatic rings. The van der Waals surface area contributed by atoms with Gasteiger partial charge in [0.1, 0.15) is 7.85 Å². The highest BCUT2D eigenvalue weighted by atomic mass is 79.9. The van der Waals surface area contributed by atoms with Crippen molar-refractivity contribution in [1.29, 1.82) is 0 Å². The molecule has 124 valence electrons. The van der Waals surface area contributed by atoms with Gasteiger partial charge in [-0.2, -0.15) is 0 Å². The molecule has 0 unspecified atom stereocenters. The SMILES string of the molecule is Bc1cc(-c2ccc(C#C)cc2Br)c(Br)cc1-c1ccc(C#C)cc1Br. The second kappa shape index (κ2) is 7.89. The second-order valence-corrected chi connectivity index (χ2v) is 8.39. The van der Waals surface area contributed by atoms with Crippen molar-refractivity contribution in [2.75, 3.05) is 0 Å². The maximum atomic E-state index is 5.49. The van der Waals surface area contributed by atoms with E-state index in [1.807, 2.05) is 36.4 Å². The molecule has 3 aromatic carbocycles. The van der Waals surface area contributed by atoms with Gasteiger partial charge in [0.15, 0.2) is 0 Å². The number of benzene rings is 3. The summed E-state index contributed by atoms with van der Waals surface area (Å²) in [7, 11) is 2.11. The van der Waals surface area contributed by atoms with Crippen LogP contribution in [0, 0.1) is 24.7 Å². The Hall–Kier alpha value is -1.72. The summed E-state index contributed by atoms with van der Waals surface area (Å²) in [6, 6.07) is 16.2. The van der Waals surface area contributed by atoms with Crippen molar-refractivity contribution in [2.45, 2.75) is 0 Å². The van der Waals surface area contributed by atoms with E-state index in [9.17, 15) is 0 Å². The molecule has 0 aliphatic carbocycles. The lowest BCUT2D eigenvalue weighted by Gasteiger charge is -2.15. The van der Waals surface area contributed by atoms with E-state index >= 15 is 0 Å². The highest BCUT2D eigenvalue weighted by Gasteiger charge is 2.13. The average Bonchev–Trinajstić information content (AvgIpc) is 2.63. The lowest BCUT2D eigenvalue weighted by Crippen LogP contribution is -2.08. The predicted molar refractivity (Wildman–Crippen MR) is 124 cm³/mol. The van der Waals surface area contributed by atoms with Gasteiger partial charge in [-0.15, -0.1) is 12.8 Å². The summed E-state index contributed by atoms with van der Waals surface area (Å²) in [6.45, 7) is 0. The normalized spacial score (nSPS) is 10.2. The highest BCUT2D eigenvalue weighted by Crippen LogP contribution is 2.37. The van der Waals surface area contributed by atoms with Crippen molar-refractivity contribution in [2.24, 2.45) is 0 Å². The van der Waals surface area contributed by atoms with Crippen LogP contribution in [0.5, 0.6) is 0 Å². The molecular formula is C22H12BBr3. The van der Waals surface area contributed by atoms with Crippen LogP contribution in [0.25, 0.3) is 22.3 Å². The molecule has 0 atom stereocenters. The van der Waals surface area contributed by atoms with Gasteiger partial charge in [0.05, 0.1) is 0 Å². The monoisotopic (exact) mass is 524 g/mol. The van der Waals surface area contributed by atoms with Gasteiger partial charge in [0.25, 0.3) is 0 Å². The molecule has 0 aliphatic heterocycles. The van der Waals surface area contributed by atoms with E-state index in [1.165, 1.54) is 5.46 Å². The Labute approximate surface area is 180 Å². The first-order valence-corrected chi connectivity index (χ1v) is 10.2. The molecule has 3 rings (SSSR count). The molecule has 0 amide bonds. The zero-order valence-corrected chi connectivity index (χ0v) is 18.7. The number of hydrogen-bond donors (Lipinski definition) is 0. The summed E-state index contributed by atoms with van der Waals surface area (Å²) in [4.78, 5) is 0. The molecule has 0 fully saturated rings. The molecule has 0 saturated heterocycles. The third kappa shape index (κ3) is 3.69. The van der Waals surface area contributed by atoms with Crippen LogP contribution < -0.4 is 5.46 Å². The van der Waals surface area contributed by atoms with Crippen LogP contribution in [-0.4, -0.2) is 7.85 Å². The zero-order chi connectivity index (χ0) is 18.8. The van der Waals surface area contributed by atoms with Crippen LogP contribution >= 0.6 is 47.8 Å². The van der Waals surface area contributed by atoms with Crippen molar-refractivity contribution in [3.8, 4) is 46.9 Å². The molecular weight excluding hydrogens is 515 g/mol. The summed E-state index contributed by atoms with van der Waals surface area (Å²) in [5.41, 5.74) is 7.33. The number of rotatable bonds is 2. The fourth-order valence-corrected chi connectivity index (χ4v) is 4.57. The summed E-state index contributed by atoms with van der Waals surface area (Å²) < 4.78 is 2.97. The van der Waals surface area contributed by atoms with Crippen molar-refractivity contribution in [1.82, 2.24) is 0 Å². The summed E-state index contributed by atoms with van der Waals surface area (Å²) >= 11 is 11.0. The molecule has 0 saturated carbocycles. The third-order valence-corrected chi connectivity index (χ3v) is 6.13. The predicted octanol–water partition coefficient (Wildman–Crippen LogP) is 5.53. The average molecular weight is 527 g/mol. The van der Waals surface area contributed by atoms with Gasteiger partial charge in [0, 0.05) is 24.5 Å². The summed E-state index contributed by atoms with van der Waals surface area (Å²) in [5, 5.41) is 0. The topological polar surface area (TPSA) is 0 Å². The first kappa shape index (κ1) is 19.1. The Bertz CT molecular complexity index is 1010. The van der Waals surface area contributed by atoms with E-state index in [4.69, 9.17) is 12.8 Å². The first-order valence-electron chi connectivity index (χ1n) is 7.78. The largest absolute Gasteiger partial charge is 0.140 e. The Morgan fingerprint density at radius 1 is 0.615 bits per heavy atom. The molecule has 26 heavy (non-hydrogen) atoms. The molecule has 0 bridgehead atoms. The van der Waals surface area contributed by atoms with Gasteiger partial charge in [-0.25, -0.2) is 0 Å². The smallest absolute Gasteiger partial charge is 0.115 e. The van der Waals surface area contributed by atoms with E-state index < -0.39 is 0 Å². The summed E-state index contributed by atoms with van der Waals surface area (Å²) in [5.74, 6) is 5.32. The van der Waals surface area contributed by atoms with E-state index in [1.54, 1.807) is 0 Å². The van der Waals surface area contributed by atoms with Crippen molar-refractivity contribution >= 4 is 61.1 Å². The van der Waals surface area contributed by atoms with Gasteiger partial charge in [-0.3, -0.25) is 0 Å². The van der Waals surface area contributed by atoms with Gasteiger partial charge in [-0.05, 0) is 52.6 Å². The van der Waals surface area contributed by atoms with Gasteiger partial charge in [0.2, 0.25) is 0 Å². The molecule has 0 aliphatic rings. The lowest BCUT2D eigenvalue weighted by molar-refractivity contribution is 1.53. The molecule has 0 N–H and O–H groups in total. The summed E-state index contributed by atoms with van der Waals surface area (Å²) in [6.07, 6.45) is 11.0. The minimum Gasteiger partial charge on any atom is -0.115 e. The Balaban J connectivity index is 2.13. The van der Waals surface area contributed by atoms with Gasteiger partial charge < -0.3 is 0 Å². The van der Waals surface area contributed by atoms with Gasteiger partial charge in [-0.1, -0.05) is 83.3 Å². The highest BCUT2D eigenvalue weighted by molar-refractivity contribution is 9.11. The fraction of sp³-hybridized carbons (Fsp3) is 0. The van der Waals surface area contributed by atoms with Crippen molar-refractivity contribution in [3.05, 3.63) is 73.1 Å². The van der Waals surface area contributed by atoms with Crippen LogP contribution in [0.4, 0.5) is 0 Å². The van der Waals surface area contributed by atoms with Crippen LogP contribution in [0.1, 0.15) is 11.1 Å². The van der Waals surface area contributed by atoms with Crippen molar-refractivity contribution in [3.63, 3.8) is 0 Å². The van der Waals surface area contributed by atoms with Crippen LogP contribution in [0.2, 0.25) is 0 Å². The molecule has 0 heterocycles. The Morgan fingerprint density at radius 3 is 1.54 bits per heavy atom. The van der Waals surface area contributed by atoms with Crippen molar-refractivity contribution < 1.29 is 0 Å². The number of halogens is 3. The quantitative estimate of drug-likeness (QED) is 0.304. The first-order chi connectivity index (χ1) is 12.4. The van der Waals surface area contributed by atoms with E-state index in [-0.39, 0.29) is 0 Å². The third-order valence-electron chi connectivity index (χ3n) is 4.17. The lowest BCUT2D eigenvalue weighted by atomic mass is 9.84. The Morgan fingerprint density at radius 2 is 1.08 bits per heavy atom. The number of hydrogen-bond acceptors (Lipinski definition) is 0. The molecule has 0 nitrogen and oxygen atoms in total. The molecule has 4 heteroatoms. The minimum absolute atomic E-state index is 0.850. The van der Waals surface area contributed by atoms with Crippen LogP contribution in [0.3, 0.4) is 0 Å². The fourth-order valence-electron chi connectivity index (χ4n) is 2.82. The van der Waals surface area contributed by atoms with Gasteiger partial charge >= 0.3 is 0 Å². The molecule has 0 aromatic heterocycles. The van der Waals surface area contributed by atoms with E-state index in [2.05, 4.69) is 79.6 Å². The second-order valence-electron chi connectivity index (χ2n) is 5.82. The maximum absolute atomic E-state index is 5.49. The van der Waals surface area contributed by atoms with E-state index in [0.717, 1.165) is 46.8 Å². The maximum Gasteiger partial charge on any atom is 0.140 e. The van der Waals surface area contributed by atoms with Crippen LogP contribution in [-0.2, 0) is 0 Å². The van der Waals surface area contributed by atoms with E-state index in [0.29, 0.717) is 0 Å². The number of terminal acetylenes is 2. The minimum atomic E-state index is 0.850. The zero-order valence-electron chi connectivity index (χ0n) is 13.9. The molecule has 0 radical (unpaired) electrons.